The summed E-state index contributed by atoms with van der Waals surface area (Å²) < 4.78 is 16.3. The molecule has 5 aromatic rings. The van der Waals surface area contributed by atoms with Crippen molar-refractivity contribution in [2.75, 3.05) is 24.5 Å². The molecule has 0 amide bonds. The summed E-state index contributed by atoms with van der Waals surface area (Å²) >= 11 is 8.03. The zero-order chi connectivity index (χ0) is 25.9. The van der Waals surface area contributed by atoms with Gasteiger partial charge in [0.25, 0.3) is 0 Å². The molecule has 7 rings (SSSR count). The second-order valence-corrected chi connectivity index (χ2v) is 11.1. The summed E-state index contributed by atoms with van der Waals surface area (Å²) in [5.41, 5.74) is 7.81. The summed E-state index contributed by atoms with van der Waals surface area (Å²) in [6.45, 7) is 1.99. The summed E-state index contributed by atoms with van der Waals surface area (Å²) in [4.78, 5) is 24.6. The van der Waals surface area contributed by atoms with Gasteiger partial charge in [0.15, 0.2) is 17.1 Å². The van der Waals surface area contributed by atoms with Crippen LogP contribution in [0.1, 0.15) is 12.0 Å². The van der Waals surface area contributed by atoms with Gasteiger partial charge < -0.3 is 15.6 Å². The summed E-state index contributed by atoms with van der Waals surface area (Å²) in [7, 11) is 0. The molecule has 0 unspecified atom stereocenters. The van der Waals surface area contributed by atoms with E-state index in [1.807, 2.05) is 24.3 Å². The molecule has 1 saturated carbocycles. The van der Waals surface area contributed by atoms with Crippen LogP contribution >= 0.6 is 23.4 Å². The Labute approximate surface area is 226 Å². The number of H-pyrrole nitrogens is 1. The highest BCUT2D eigenvalue weighted by Crippen LogP contribution is 2.63. The van der Waals surface area contributed by atoms with Crippen molar-refractivity contribution < 1.29 is 4.39 Å². The van der Waals surface area contributed by atoms with Gasteiger partial charge in [-0.25, -0.2) is 24.0 Å². The average molecular weight is 548 g/mol. The summed E-state index contributed by atoms with van der Waals surface area (Å²) in [5, 5.41) is 5.38. The van der Waals surface area contributed by atoms with E-state index in [-0.39, 0.29) is 17.2 Å². The van der Waals surface area contributed by atoms with Gasteiger partial charge in [0.2, 0.25) is 5.95 Å². The van der Waals surface area contributed by atoms with Gasteiger partial charge in [-0.05, 0) is 42.0 Å². The minimum Gasteiger partial charge on any atom is -0.342 e. The molecule has 3 N–H and O–H groups in total. The normalized spacial score (nSPS) is 22.6. The van der Waals surface area contributed by atoms with E-state index in [0.29, 0.717) is 39.6 Å². The van der Waals surface area contributed by atoms with Crippen LogP contribution in [0.4, 0.5) is 10.3 Å². The van der Waals surface area contributed by atoms with Crippen molar-refractivity contribution in [2.45, 2.75) is 21.8 Å². The smallest absolute Gasteiger partial charge is 0.206 e. The third-order valence-corrected chi connectivity index (χ3v) is 9.23. The lowest BCUT2D eigenvalue weighted by Crippen LogP contribution is -2.32. The number of benzene rings is 1. The fraction of sp³-hybridized carbons (Fsp3) is 0.269. The lowest BCUT2D eigenvalue weighted by molar-refractivity contribution is 0.533. The maximum atomic E-state index is 14.7. The SMILES string of the molecule is NC[C@]1(c2ccccc2F)[C@@H]2CCN(c3nc4ncc(Sc5ccnc(-n6cccn6)c5Cl)nc4[nH]3)C[C@@H]21. The topological polar surface area (TPSA) is 114 Å². The van der Waals surface area contributed by atoms with Gasteiger partial charge in [-0.2, -0.15) is 10.1 Å². The van der Waals surface area contributed by atoms with Crippen molar-refractivity contribution in [3.05, 3.63) is 77.6 Å². The van der Waals surface area contributed by atoms with E-state index >= 15 is 0 Å². The molecule has 0 spiro atoms. The number of aromatic nitrogens is 7. The average Bonchev–Trinajstić information content (AvgIpc) is 3.27. The number of hydrogen-bond acceptors (Lipinski definition) is 8. The lowest BCUT2D eigenvalue weighted by atomic mass is 9.91. The molecule has 0 radical (unpaired) electrons. The Hall–Kier alpha value is -3.54. The van der Waals surface area contributed by atoms with Gasteiger partial charge in [-0.1, -0.05) is 41.6 Å². The van der Waals surface area contributed by atoms with Gasteiger partial charge >= 0.3 is 0 Å². The van der Waals surface area contributed by atoms with Crippen molar-refractivity contribution in [1.29, 1.82) is 0 Å². The number of halogens is 2. The molecule has 1 aromatic carbocycles. The standard InChI is InChI=1S/C26H23ClFN9S/c27-21-19(6-9-30-24(21)37-10-3-8-32-37)38-20-12-31-22-23(33-20)35-25(34-22)36-11-7-15-17(13-36)26(15,14-29)16-4-1-2-5-18(16)28/h1-6,8-10,12,15,17H,7,11,13-14,29H2,(H,31,33,34,35)/t15-,17+,26-/m1/s1. The van der Waals surface area contributed by atoms with Crippen LogP contribution in [-0.4, -0.2) is 54.3 Å². The van der Waals surface area contributed by atoms with E-state index in [4.69, 9.17) is 27.3 Å². The molecule has 1 saturated heterocycles. The first-order chi connectivity index (χ1) is 18.6. The Bertz CT molecular complexity index is 1640. The summed E-state index contributed by atoms with van der Waals surface area (Å²) in [6.07, 6.45) is 7.77. The molecule has 3 atom stereocenters. The van der Waals surface area contributed by atoms with Crippen LogP contribution in [0.3, 0.4) is 0 Å². The van der Waals surface area contributed by atoms with E-state index in [1.165, 1.54) is 17.8 Å². The Morgan fingerprint density at radius 2 is 2.03 bits per heavy atom. The van der Waals surface area contributed by atoms with Crippen LogP contribution in [0.15, 0.2) is 71.1 Å². The van der Waals surface area contributed by atoms with Crippen molar-refractivity contribution in [3.8, 4) is 5.82 Å². The highest BCUT2D eigenvalue weighted by molar-refractivity contribution is 7.99. The molecule has 2 fully saturated rings. The van der Waals surface area contributed by atoms with Crippen LogP contribution in [-0.2, 0) is 5.41 Å². The predicted molar refractivity (Wildman–Crippen MR) is 143 cm³/mol. The lowest BCUT2D eigenvalue weighted by Gasteiger charge is -2.25. The fourth-order valence-corrected chi connectivity index (χ4v) is 7.04. The summed E-state index contributed by atoms with van der Waals surface area (Å²) in [6, 6.07) is 10.7. The zero-order valence-corrected chi connectivity index (χ0v) is 21.7. The molecule has 12 heteroatoms. The molecule has 5 heterocycles. The highest BCUT2D eigenvalue weighted by Gasteiger charge is 2.66. The highest BCUT2D eigenvalue weighted by atomic mass is 35.5. The van der Waals surface area contributed by atoms with E-state index in [2.05, 4.69) is 25.0 Å². The number of nitrogens with two attached hydrogens (primary N) is 1. The number of rotatable bonds is 6. The van der Waals surface area contributed by atoms with Crippen molar-refractivity contribution >= 4 is 40.6 Å². The molecular formula is C26H23ClFN9S. The maximum Gasteiger partial charge on any atom is 0.206 e. The number of aromatic amines is 1. The molecule has 2 aliphatic rings. The van der Waals surface area contributed by atoms with Crippen LogP contribution in [0.25, 0.3) is 17.1 Å². The minimum atomic E-state index is -0.314. The Morgan fingerprint density at radius 3 is 2.84 bits per heavy atom. The first-order valence-corrected chi connectivity index (χ1v) is 13.5. The van der Waals surface area contributed by atoms with E-state index in [1.54, 1.807) is 35.5 Å². The second-order valence-electron chi connectivity index (χ2n) is 9.61. The molecular weight excluding hydrogens is 525 g/mol. The number of piperidine rings is 1. The molecule has 38 heavy (non-hydrogen) atoms. The van der Waals surface area contributed by atoms with E-state index < -0.39 is 0 Å². The zero-order valence-electron chi connectivity index (χ0n) is 20.1. The van der Waals surface area contributed by atoms with Gasteiger partial charge in [-0.15, -0.1) is 0 Å². The molecule has 4 aromatic heterocycles. The number of pyridine rings is 1. The van der Waals surface area contributed by atoms with Gasteiger partial charge in [0.1, 0.15) is 10.8 Å². The number of fused-ring (bicyclic) bond motifs is 2. The second kappa shape index (κ2) is 9.04. The quantitative estimate of drug-likeness (QED) is 0.324. The molecule has 9 nitrogen and oxygen atoms in total. The van der Waals surface area contributed by atoms with Crippen LogP contribution in [0.2, 0.25) is 5.02 Å². The number of nitrogens with zero attached hydrogens (tertiary/aromatic N) is 7. The molecule has 1 aliphatic heterocycles. The predicted octanol–water partition coefficient (Wildman–Crippen LogP) is 4.23. The van der Waals surface area contributed by atoms with Gasteiger partial charge in [0, 0.05) is 48.5 Å². The monoisotopic (exact) mass is 547 g/mol. The number of anilines is 1. The Kier molecular flexibility index (Phi) is 5.60. The van der Waals surface area contributed by atoms with Crippen LogP contribution in [0, 0.1) is 17.7 Å². The fourth-order valence-electron chi connectivity index (χ4n) is 5.95. The van der Waals surface area contributed by atoms with Gasteiger partial charge in [0.05, 0.1) is 11.2 Å². The molecule has 192 valence electrons. The van der Waals surface area contributed by atoms with Crippen molar-refractivity contribution in [1.82, 2.24) is 34.7 Å². The van der Waals surface area contributed by atoms with Crippen LogP contribution < -0.4 is 10.6 Å². The van der Waals surface area contributed by atoms with Crippen LogP contribution in [0.5, 0.6) is 0 Å². The minimum absolute atomic E-state index is 0.174. The first-order valence-electron chi connectivity index (χ1n) is 12.3. The summed E-state index contributed by atoms with van der Waals surface area (Å²) in [5.74, 6) is 1.74. The molecule has 1 aliphatic carbocycles. The number of hydrogen-bond donors (Lipinski definition) is 2. The number of nitrogens with one attached hydrogen (secondary N) is 1. The number of imidazole rings is 1. The molecule has 0 bridgehead atoms. The van der Waals surface area contributed by atoms with Crippen molar-refractivity contribution in [3.63, 3.8) is 0 Å². The Morgan fingerprint density at radius 1 is 1.13 bits per heavy atom. The Balaban J connectivity index is 1.12. The van der Waals surface area contributed by atoms with Gasteiger partial charge in [-0.3, -0.25) is 0 Å². The first kappa shape index (κ1) is 23.6. The van der Waals surface area contributed by atoms with E-state index in [9.17, 15) is 4.39 Å². The third-order valence-electron chi connectivity index (χ3n) is 7.78. The third kappa shape index (κ3) is 3.68. The van der Waals surface area contributed by atoms with Crippen molar-refractivity contribution in [2.24, 2.45) is 17.6 Å². The van der Waals surface area contributed by atoms with E-state index in [0.717, 1.165) is 35.9 Å². The largest absolute Gasteiger partial charge is 0.342 e. The maximum absolute atomic E-state index is 14.7.